The molecule has 1 amide bonds. The molecule has 2 aromatic rings. The highest BCUT2D eigenvalue weighted by Crippen LogP contribution is 2.34. The average molecular weight is 343 g/mol. The molecule has 0 aliphatic carbocycles. The van der Waals surface area contributed by atoms with Gasteiger partial charge in [-0.25, -0.2) is 14.8 Å². The number of carbonyl (C=O) groups excluding carboxylic acids is 1. The first kappa shape index (κ1) is 15.9. The minimum atomic E-state index is -0.494. The molecule has 0 spiro atoms. The van der Waals surface area contributed by atoms with Crippen LogP contribution in [0.4, 0.5) is 10.6 Å². The molecule has 8 heteroatoms. The lowest BCUT2D eigenvalue weighted by Crippen LogP contribution is -2.50. The van der Waals surface area contributed by atoms with Gasteiger partial charge in [0.2, 0.25) is 0 Å². The third-order valence-electron chi connectivity index (χ3n) is 4.64. The van der Waals surface area contributed by atoms with Gasteiger partial charge in [-0.2, -0.15) is 0 Å². The quantitative estimate of drug-likeness (QED) is 0.844. The molecule has 2 bridgehead atoms. The lowest BCUT2D eigenvalue weighted by atomic mass is 10.2. The van der Waals surface area contributed by atoms with Crippen molar-refractivity contribution < 1.29 is 9.53 Å². The van der Waals surface area contributed by atoms with Gasteiger partial charge < -0.3 is 19.5 Å². The molecule has 8 nitrogen and oxygen atoms in total. The summed E-state index contributed by atoms with van der Waals surface area (Å²) >= 11 is 0. The summed E-state index contributed by atoms with van der Waals surface area (Å²) in [4.78, 5) is 39.4. The third kappa shape index (κ3) is 2.81. The number of piperazine rings is 1. The summed E-state index contributed by atoms with van der Waals surface area (Å²) in [5.41, 5.74) is 0.178. The Labute approximate surface area is 144 Å². The number of H-pyrrole nitrogens is 1. The van der Waals surface area contributed by atoms with Crippen LogP contribution in [0.15, 0.2) is 23.3 Å². The second-order valence-corrected chi connectivity index (χ2v) is 7.60. The lowest BCUT2D eigenvalue weighted by Gasteiger charge is -2.35. The van der Waals surface area contributed by atoms with Gasteiger partial charge in [0.15, 0.2) is 5.52 Å². The van der Waals surface area contributed by atoms with Gasteiger partial charge in [-0.3, -0.25) is 4.79 Å². The number of ether oxygens (including phenoxy) is 1. The summed E-state index contributed by atoms with van der Waals surface area (Å²) in [7, 11) is 0. The maximum Gasteiger partial charge on any atom is 0.410 e. The predicted octanol–water partition coefficient (Wildman–Crippen LogP) is 1.52. The van der Waals surface area contributed by atoms with E-state index in [4.69, 9.17) is 4.74 Å². The van der Waals surface area contributed by atoms with E-state index in [1.807, 2.05) is 37.8 Å². The molecule has 132 valence electrons. The minimum absolute atomic E-state index is 0.115. The van der Waals surface area contributed by atoms with Gasteiger partial charge in [-0.1, -0.05) is 0 Å². The van der Waals surface area contributed by atoms with E-state index in [1.54, 1.807) is 0 Å². The van der Waals surface area contributed by atoms with E-state index in [2.05, 4.69) is 19.9 Å². The SMILES string of the molecule is CC(C)(C)OC(=O)N1C[C@@H]2C[C@H]1CN2c1ccc2nc[nH]c(=O)c2n1. The van der Waals surface area contributed by atoms with Gasteiger partial charge in [0.1, 0.15) is 11.4 Å². The molecule has 25 heavy (non-hydrogen) atoms. The smallest absolute Gasteiger partial charge is 0.410 e. The number of carbonyl (C=O) groups is 1. The Hall–Kier alpha value is -2.64. The van der Waals surface area contributed by atoms with Gasteiger partial charge in [0.25, 0.3) is 5.56 Å². The number of anilines is 1. The Morgan fingerprint density at radius 2 is 2.08 bits per heavy atom. The number of hydrogen-bond donors (Lipinski definition) is 1. The highest BCUT2D eigenvalue weighted by molar-refractivity contribution is 5.75. The zero-order valence-corrected chi connectivity index (χ0v) is 14.5. The van der Waals surface area contributed by atoms with Crippen molar-refractivity contribution >= 4 is 22.9 Å². The van der Waals surface area contributed by atoms with Crippen molar-refractivity contribution in [2.24, 2.45) is 0 Å². The van der Waals surface area contributed by atoms with Crippen LogP contribution >= 0.6 is 0 Å². The number of amides is 1. The fraction of sp³-hybridized carbons (Fsp3) is 0.529. The molecular weight excluding hydrogens is 322 g/mol. The molecule has 2 aliphatic rings. The summed E-state index contributed by atoms with van der Waals surface area (Å²) in [6.45, 7) is 6.92. The number of rotatable bonds is 1. The number of likely N-dealkylation sites (tertiary alicyclic amines) is 1. The highest BCUT2D eigenvalue weighted by atomic mass is 16.6. The summed E-state index contributed by atoms with van der Waals surface area (Å²) in [5.74, 6) is 0.752. The predicted molar refractivity (Wildman–Crippen MR) is 92.6 cm³/mol. The van der Waals surface area contributed by atoms with Crippen molar-refractivity contribution in [3.63, 3.8) is 0 Å². The number of nitrogens with one attached hydrogen (secondary N) is 1. The number of aromatic amines is 1. The third-order valence-corrected chi connectivity index (χ3v) is 4.64. The van der Waals surface area contributed by atoms with Crippen LogP contribution in [0.3, 0.4) is 0 Å². The number of fused-ring (bicyclic) bond motifs is 3. The Morgan fingerprint density at radius 1 is 1.28 bits per heavy atom. The standard InChI is InChI=1S/C17H21N5O3/c1-17(2,3)25-16(24)22-8-10-6-11(22)7-21(10)13-5-4-12-14(20-13)15(23)19-9-18-12/h4-5,9-11H,6-8H2,1-3H3,(H,18,19,23)/t10-,11-/m0/s1. The summed E-state index contributed by atoms with van der Waals surface area (Å²) < 4.78 is 5.49. The largest absolute Gasteiger partial charge is 0.444 e. The molecule has 4 heterocycles. The first-order valence-corrected chi connectivity index (χ1v) is 8.42. The normalized spacial score (nSPS) is 22.7. The average Bonchev–Trinajstić information content (AvgIpc) is 3.14. The topological polar surface area (TPSA) is 91.4 Å². The van der Waals surface area contributed by atoms with Crippen molar-refractivity contribution in [2.75, 3.05) is 18.0 Å². The highest BCUT2D eigenvalue weighted by Gasteiger charge is 2.47. The number of aromatic nitrogens is 3. The molecule has 0 saturated carbocycles. The number of hydrogen-bond acceptors (Lipinski definition) is 6. The van der Waals surface area contributed by atoms with E-state index in [9.17, 15) is 9.59 Å². The Morgan fingerprint density at radius 3 is 2.76 bits per heavy atom. The Balaban J connectivity index is 1.54. The second-order valence-electron chi connectivity index (χ2n) is 7.60. The van der Waals surface area contributed by atoms with E-state index < -0.39 is 5.60 Å². The van der Waals surface area contributed by atoms with Crippen LogP contribution in [-0.4, -0.2) is 56.7 Å². The van der Waals surface area contributed by atoms with Gasteiger partial charge in [-0.15, -0.1) is 0 Å². The number of pyridine rings is 1. The molecule has 2 aromatic heterocycles. The maximum absolute atomic E-state index is 12.3. The fourth-order valence-electron chi connectivity index (χ4n) is 3.59. The summed E-state index contributed by atoms with van der Waals surface area (Å²) in [5, 5.41) is 0. The molecule has 1 N–H and O–H groups in total. The van der Waals surface area contributed by atoms with E-state index in [0.29, 0.717) is 24.1 Å². The molecule has 2 fully saturated rings. The van der Waals surface area contributed by atoms with Crippen LogP contribution in [0.25, 0.3) is 11.0 Å². The van der Waals surface area contributed by atoms with Gasteiger partial charge >= 0.3 is 6.09 Å². The van der Waals surface area contributed by atoms with E-state index in [0.717, 1.165) is 12.2 Å². The van der Waals surface area contributed by atoms with Gasteiger partial charge in [0.05, 0.1) is 23.9 Å². The molecule has 0 unspecified atom stereocenters. The maximum atomic E-state index is 12.3. The molecule has 4 rings (SSSR count). The van der Waals surface area contributed by atoms with Crippen molar-refractivity contribution in [2.45, 2.75) is 44.9 Å². The van der Waals surface area contributed by atoms with Crippen LogP contribution in [0, 0.1) is 0 Å². The summed E-state index contributed by atoms with van der Waals surface area (Å²) in [6, 6.07) is 4.00. The monoisotopic (exact) mass is 343 g/mol. The summed E-state index contributed by atoms with van der Waals surface area (Å²) in [6.07, 6.45) is 2.01. The molecule has 0 radical (unpaired) electrons. The van der Waals surface area contributed by atoms with Gasteiger partial charge in [0, 0.05) is 13.1 Å². The van der Waals surface area contributed by atoms with E-state index in [-0.39, 0.29) is 23.7 Å². The fourth-order valence-corrected chi connectivity index (χ4v) is 3.59. The Bertz CT molecular complexity index is 888. The van der Waals surface area contributed by atoms with Crippen LogP contribution in [-0.2, 0) is 4.74 Å². The number of nitrogens with zero attached hydrogens (tertiary/aromatic N) is 4. The lowest BCUT2D eigenvalue weighted by molar-refractivity contribution is 0.0214. The van der Waals surface area contributed by atoms with Crippen molar-refractivity contribution in [3.05, 3.63) is 28.8 Å². The molecule has 0 aromatic carbocycles. The van der Waals surface area contributed by atoms with Crippen molar-refractivity contribution in [1.82, 2.24) is 19.9 Å². The van der Waals surface area contributed by atoms with Gasteiger partial charge in [-0.05, 0) is 39.3 Å². The van der Waals surface area contributed by atoms with E-state index >= 15 is 0 Å². The zero-order chi connectivity index (χ0) is 17.8. The molecular formula is C17H21N5O3. The molecule has 2 saturated heterocycles. The van der Waals surface area contributed by atoms with E-state index in [1.165, 1.54) is 6.33 Å². The second kappa shape index (κ2) is 5.44. The van der Waals surface area contributed by atoms with Crippen molar-refractivity contribution in [3.8, 4) is 0 Å². The van der Waals surface area contributed by atoms with Crippen LogP contribution < -0.4 is 10.5 Å². The first-order valence-electron chi connectivity index (χ1n) is 8.42. The minimum Gasteiger partial charge on any atom is -0.444 e. The Kier molecular flexibility index (Phi) is 3.45. The van der Waals surface area contributed by atoms with Crippen LogP contribution in [0.1, 0.15) is 27.2 Å². The first-order chi connectivity index (χ1) is 11.8. The van der Waals surface area contributed by atoms with Crippen LogP contribution in [0.5, 0.6) is 0 Å². The molecule has 2 atom stereocenters. The zero-order valence-electron chi connectivity index (χ0n) is 14.5. The van der Waals surface area contributed by atoms with Crippen LogP contribution in [0.2, 0.25) is 0 Å². The van der Waals surface area contributed by atoms with Crippen molar-refractivity contribution in [1.29, 1.82) is 0 Å². The molecule has 2 aliphatic heterocycles.